The number of rotatable bonds is 19. The van der Waals surface area contributed by atoms with Gasteiger partial charge in [0.1, 0.15) is 57.4 Å². The van der Waals surface area contributed by atoms with Crippen LogP contribution in [-0.2, 0) is 30.4 Å². The first-order chi connectivity index (χ1) is 46.5. The van der Waals surface area contributed by atoms with E-state index in [-0.39, 0.29) is 56.8 Å². The molecule has 6 aromatic carbocycles. The van der Waals surface area contributed by atoms with Gasteiger partial charge in [0.05, 0.1) is 65.3 Å². The van der Waals surface area contributed by atoms with Gasteiger partial charge in [0.25, 0.3) is 41.4 Å². The van der Waals surface area contributed by atoms with Gasteiger partial charge in [0.15, 0.2) is 0 Å². The summed E-state index contributed by atoms with van der Waals surface area (Å²) < 4.78 is 9.00. The van der Waals surface area contributed by atoms with Crippen LogP contribution >= 0.6 is 46.8 Å². The first-order valence-corrected chi connectivity index (χ1v) is 30.6. The number of carbonyl (C=O) groups excluding carboxylic acids is 7. The van der Waals surface area contributed by atoms with Gasteiger partial charge < -0.3 is 57.4 Å². The number of carbonyl (C=O) groups is 7. The average Bonchev–Trinajstić information content (AvgIpc) is 1.67. The van der Waals surface area contributed by atoms with Gasteiger partial charge in [0, 0.05) is 118 Å². The normalized spacial score (nSPS) is 10.5. The van der Waals surface area contributed by atoms with E-state index in [2.05, 4.69) is 52.1 Å². The van der Waals surface area contributed by atoms with E-state index in [0.29, 0.717) is 76.5 Å². The van der Waals surface area contributed by atoms with Crippen LogP contribution in [-0.4, -0.2) is 157 Å². The van der Waals surface area contributed by atoms with Gasteiger partial charge in [-0.2, -0.15) is 19.6 Å². The maximum absolute atomic E-state index is 13.0. The molecule has 3 heterocycles. The number of amides is 7. The predicted octanol–water partition coefficient (Wildman–Crippen LogP) is 9.78. The fraction of sp³-hybridized carbons (Fsp3) is 0.154. The monoisotopic (exact) mass is 1410 g/mol. The first-order valence-electron chi connectivity index (χ1n) is 28.7. The molecule has 9 rings (SSSR count). The molecule has 9 aromatic rings. The molecule has 0 aliphatic carbocycles. The molecule has 98 heavy (non-hydrogen) atoms. The summed E-state index contributed by atoms with van der Waals surface area (Å²) >= 11 is 18.6. The largest absolute Gasteiger partial charge is 0.506 e. The Kier molecular flexibility index (Phi) is 25.2. The number of aromatic hydroxyl groups is 1. The molecule has 0 spiro atoms. The second kappa shape index (κ2) is 33.3. The fourth-order valence-electron chi connectivity index (χ4n) is 8.66. The second-order valence-electron chi connectivity index (χ2n) is 21.5. The van der Waals surface area contributed by atoms with Gasteiger partial charge in [-0.1, -0.05) is 71.2 Å². The SMILES string of the molecule is CN(C)C(=N)c1ccc(C(=O)Nc2c(C(=O)Nc3ccc(Cl)cc3C(N)=O)cnn2C)cc1.CN(C)C(=N)c1ccc(C(=O)Nc2c(C(=O)Nc3ccc(Cl)cc3O)cnn2C)cc1.COOSc1cc(Cl)ccc1NC(=O)c1cnn(C)c1NC(=O)c1ccc(C(=N)N(C)C)cc1. The topological polar surface area (TPSA) is 391 Å². The highest BCUT2D eigenvalue weighted by Crippen LogP contribution is 2.33. The Morgan fingerprint density at radius 1 is 0.439 bits per heavy atom. The molecule has 0 unspecified atom stereocenters. The summed E-state index contributed by atoms with van der Waals surface area (Å²) in [5.74, 6) is -2.35. The second-order valence-corrected chi connectivity index (χ2v) is 23.5. The summed E-state index contributed by atoms with van der Waals surface area (Å²) in [4.78, 5) is 98.7. The van der Waals surface area contributed by atoms with E-state index < -0.39 is 41.4 Å². The standard InChI is InChI=1S/C22H22ClN7O3.C22H23ClN6O4S.C21H21ClN6O3/c1-29(2)18(24)12-4-6-13(7-5-12)21(32)28-20-16(11-26-30(20)3)22(33)27-17-9-8-14(23)10-15(17)19(25)31;1-28(2)19(24)13-5-7-14(8-6-13)21(30)27-20-16(12-25-29(20)3)22(31)26-17-10-9-15(23)11-18(17)34-33-32-4;1-27(2)18(23)12-4-6-13(7-5-12)20(30)26-19-15(11-24-28(19)3)21(31)25-16-9-8-14(22)10-17(16)29/h4-11,24H,1-3H3,(H2,25,31)(H,27,33)(H,28,32);5-12,24H,1-4H3,(H,26,31)(H,27,30);4-11,23,29H,1-3H3,(H,25,31)(H,26,30). The number of phenols is 1. The molecule has 0 saturated heterocycles. The number of nitrogens with zero attached hydrogens (tertiary/aromatic N) is 9. The summed E-state index contributed by atoms with van der Waals surface area (Å²) in [6.45, 7) is 0. The number of phenolic OH excluding ortho intramolecular Hbond substituents is 1. The number of aryl methyl sites for hydroxylation is 3. The van der Waals surface area contributed by atoms with Crippen LogP contribution in [0, 0.1) is 16.2 Å². The van der Waals surface area contributed by atoms with Gasteiger partial charge in [-0.15, -0.1) is 0 Å². The minimum atomic E-state index is -0.752. The van der Waals surface area contributed by atoms with E-state index in [1.807, 2.05) is 0 Å². The van der Waals surface area contributed by atoms with Gasteiger partial charge in [-0.25, -0.2) is 4.89 Å². The lowest BCUT2D eigenvalue weighted by molar-refractivity contribution is -0.160. The zero-order chi connectivity index (χ0) is 71.8. The minimum Gasteiger partial charge on any atom is -0.506 e. The number of aromatic nitrogens is 6. The lowest BCUT2D eigenvalue weighted by Gasteiger charge is -2.14. The molecule has 12 N–H and O–H groups in total. The van der Waals surface area contributed by atoms with E-state index >= 15 is 0 Å². The van der Waals surface area contributed by atoms with Crippen molar-refractivity contribution in [1.82, 2.24) is 44.0 Å². The van der Waals surface area contributed by atoms with E-state index in [1.54, 1.807) is 169 Å². The third kappa shape index (κ3) is 19.0. The Morgan fingerprint density at radius 2 is 0.745 bits per heavy atom. The molecule has 0 bridgehead atoms. The van der Waals surface area contributed by atoms with Crippen molar-refractivity contribution >= 4 is 140 Å². The lowest BCUT2D eigenvalue weighted by atomic mass is 10.1. The molecule has 508 valence electrons. The molecule has 0 radical (unpaired) electrons. The highest BCUT2D eigenvalue weighted by molar-refractivity contribution is 7.94. The van der Waals surface area contributed by atoms with E-state index in [0.717, 1.165) is 12.0 Å². The highest BCUT2D eigenvalue weighted by Gasteiger charge is 2.25. The molecule has 3 aromatic heterocycles. The quantitative estimate of drug-likeness (QED) is 0.00895. The van der Waals surface area contributed by atoms with Crippen LogP contribution < -0.4 is 37.6 Å². The van der Waals surface area contributed by atoms with Crippen molar-refractivity contribution in [3.05, 3.63) is 217 Å². The Balaban J connectivity index is 0.000000207. The molecule has 7 amide bonds. The average molecular weight is 1410 g/mol. The molecule has 0 fully saturated rings. The maximum Gasteiger partial charge on any atom is 0.261 e. The fourth-order valence-corrected chi connectivity index (χ4v) is 9.76. The summed E-state index contributed by atoms with van der Waals surface area (Å²) in [6.07, 6.45) is 3.98. The third-order valence-corrected chi connectivity index (χ3v) is 15.4. The van der Waals surface area contributed by atoms with Crippen LogP contribution in [0.15, 0.2) is 151 Å². The molecular weight excluding hydrogens is 1350 g/mol. The van der Waals surface area contributed by atoms with Crippen LogP contribution in [0.2, 0.25) is 15.1 Å². The number of benzene rings is 6. The predicted molar refractivity (Wildman–Crippen MR) is 377 cm³/mol. The van der Waals surface area contributed by atoms with Crippen LogP contribution in [0.25, 0.3) is 0 Å². The highest BCUT2D eigenvalue weighted by atomic mass is 35.5. The maximum atomic E-state index is 13.0. The summed E-state index contributed by atoms with van der Waals surface area (Å²) in [7, 11) is 16.7. The van der Waals surface area contributed by atoms with Crippen molar-refractivity contribution in [1.29, 1.82) is 16.2 Å². The zero-order valence-corrected chi connectivity index (χ0v) is 57.2. The summed E-state index contributed by atoms with van der Waals surface area (Å²) in [5, 5.41) is 63.3. The van der Waals surface area contributed by atoms with E-state index in [9.17, 15) is 38.7 Å². The van der Waals surface area contributed by atoms with Crippen LogP contribution in [0.4, 0.5) is 34.5 Å². The van der Waals surface area contributed by atoms with Crippen molar-refractivity contribution < 1.29 is 47.9 Å². The number of hydrogen-bond acceptors (Lipinski definition) is 17. The van der Waals surface area contributed by atoms with Crippen LogP contribution in [0.3, 0.4) is 0 Å². The van der Waals surface area contributed by atoms with Crippen LogP contribution in [0.1, 0.15) is 89.2 Å². The van der Waals surface area contributed by atoms with Gasteiger partial charge >= 0.3 is 0 Å². The number of nitrogens with one attached hydrogen (secondary N) is 9. The van der Waals surface area contributed by atoms with Gasteiger partial charge in [-0.05, 0) is 84.9 Å². The molecule has 29 nitrogen and oxygen atoms in total. The van der Waals surface area contributed by atoms with E-state index in [1.165, 1.54) is 76.1 Å². The minimum absolute atomic E-state index is 0.0497. The van der Waals surface area contributed by atoms with Gasteiger partial charge in [0.2, 0.25) is 0 Å². The Hall–Kier alpha value is -11.4. The van der Waals surface area contributed by atoms with Crippen LogP contribution in [0.5, 0.6) is 5.75 Å². The van der Waals surface area contributed by atoms with Crippen molar-refractivity contribution in [3.8, 4) is 5.75 Å². The van der Waals surface area contributed by atoms with Crippen molar-refractivity contribution in [3.63, 3.8) is 0 Å². The third-order valence-electron chi connectivity index (χ3n) is 13.9. The molecule has 0 atom stereocenters. The molecule has 0 aliphatic rings. The number of primary amides is 1. The van der Waals surface area contributed by atoms with Crippen molar-refractivity contribution in [2.75, 3.05) is 81.3 Å². The number of hydrogen-bond donors (Lipinski definition) is 11. The van der Waals surface area contributed by atoms with Gasteiger partial charge in [-0.3, -0.25) is 63.8 Å². The Bertz CT molecular complexity index is 4520. The molecule has 33 heteroatoms. The number of amidine groups is 3. The number of nitrogens with two attached hydrogens (primary N) is 1. The number of anilines is 6. The Morgan fingerprint density at radius 3 is 1.08 bits per heavy atom. The first kappa shape index (κ1) is 74.0. The molecule has 0 saturated carbocycles. The smallest absolute Gasteiger partial charge is 0.261 e. The molecular formula is C65H66Cl3N19O10S. The summed E-state index contributed by atoms with van der Waals surface area (Å²) in [5.41, 5.74) is 9.66. The van der Waals surface area contributed by atoms with Crippen molar-refractivity contribution in [2.24, 2.45) is 26.9 Å². The van der Waals surface area contributed by atoms with Crippen molar-refractivity contribution in [2.45, 2.75) is 4.90 Å². The zero-order valence-electron chi connectivity index (χ0n) is 54.1. The lowest BCUT2D eigenvalue weighted by Crippen LogP contribution is -2.22. The summed E-state index contributed by atoms with van der Waals surface area (Å²) in [6, 6.07) is 33.2. The molecule has 0 aliphatic heterocycles. The Labute approximate surface area is 580 Å². The van der Waals surface area contributed by atoms with E-state index in [4.69, 9.17) is 61.1 Å². The number of halogens is 3.